The molecule has 2 atom stereocenters. The fraction of sp³-hybridized carbons (Fsp3) is 0.407. The second-order valence-corrected chi connectivity index (χ2v) is 9.73. The van der Waals surface area contributed by atoms with Crippen LogP contribution in [0.5, 0.6) is 5.75 Å². The molecule has 0 bridgehead atoms. The number of benzene rings is 2. The molecule has 2 aromatic carbocycles. The van der Waals surface area contributed by atoms with Crippen LogP contribution in [-0.2, 0) is 19.1 Å². The molecule has 0 aliphatic carbocycles. The van der Waals surface area contributed by atoms with Gasteiger partial charge in [0.1, 0.15) is 23.4 Å². The summed E-state index contributed by atoms with van der Waals surface area (Å²) in [5, 5.41) is 5.25. The van der Waals surface area contributed by atoms with E-state index >= 15 is 0 Å². The summed E-state index contributed by atoms with van der Waals surface area (Å²) in [6, 6.07) is 9.80. The maximum atomic E-state index is 13.6. The third-order valence-corrected chi connectivity index (χ3v) is 5.68. The Hall–Kier alpha value is -4.08. The van der Waals surface area contributed by atoms with Gasteiger partial charge in [-0.25, -0.2) is 4.79 Å². The number of nitrogens with two attached hydrogens (primary N) is 1. The highest BCUT2D eigenvalue weighted by Gasteiger charge is 2.35. The number of amides is 4. The van der Waals surface area contributed by atoms with E-state index in [1.54, 1.807) is 64.3 Å². The number of rotatable bonds is 9. The van der Waals surface area contributed by atoms with Crippen LogP contribution in [0.2, 0.25) is 0 Å². The lowest BCUT2D eigenvalue weighted by atomic mass is 9.95. The van der Waals surface area contributed by atoms with Gasteiger partial charge in [-0.15, -0.1) is 0 Å². The Morgan fingerprint density at radius 2 is 1.65 bits per heavy atom. The molecule has 0 heterocycles. The number of carbonyl (C=O) groups is 4. The van der Waals surface area contributed by atoms with E-state index in [9.17, 15) is 19.2 Å². The third-order valence-electron chi connectivity index (χ3n) is 5.68. The van der Waals surface area contributed by atoms with Crippen molar-refractivity contribution in [2.75, 3.05) is 19.5 Å². The van der Waals surface area contributed by atoms with Gasteiger partial charge in [0.15, 0.2) is 0 Å². The number of carbonyl (C=O) groups excluding carboxylic acids is 4. The van der Waals surface area contributed by atoms with Crippen LogP contribution in [0.15, 0.2) is 42.5 Å². The van der Waals surface area contributed by atoms with Crippen molar-refractivity contribution in [2.24, 2.45) is 5.73 Å². The highest BCUT2D eigenvalue weighted by Crippen LogP contribution is 2.28. The van der Waals surface area contributed by atoms with Crippen LogP contribution in [0.1, 0.15) is 49.9 Å². The topological polar surface area (TPSA) is 140 Å². The molecular formula is C27H36N4O6. The molecule has 0 saturated carbocycles. The standard InChI is InChI=1S/C27H36N4O6/c1-16-9-8-10-20(17(16)2)23(24(33)29-18-11-13-19(36-7)14-12-18)31(6)25(34)21(15-22(28)32)30-26(35)37-27(3,4)5/h8-14,21,23H,15H2,1-7H3,(H2,28,32)(H,29,33)(H,30,35). The monoisotopic (exact) mass is 512 g/mol. The van der Waals surface area contributed by atoms with Crippen molar-refractivity contribution in [2.45, 2.75) is 58.7 Å². The number of ether oxygens (including phenoxy) is 2. The number of aryl methyl sites for hydroxylation is 1. The highest BCUT2D eigenvalue weighted by atomic mass is 16.6. The van der Waals surface area contributed by atoms with E-state index in [4.69, 9.17) is 15.2 Å². The fourth-order valence-electron chi connectivity index (χ4n) is 3.70. The number of hydrogen-bond donors (Lipinski definition) is 3. The number of anilines is 1. The molecule has 0 aliphatic rings. The van der Waals surface area contributed by atoms with Gasteiger partial charge >= 0.3 is 6.09 Å². The van der Waals surface area contributed by atoms with E-state index in [1.807, 2.05) is 19.9 Å². The van der Waals surface area contributed by atoms with Crippen molar-refractivity contribution >= 4 is 29.5 Å². The predicted molar refractivity (Wildman–Crippen MR) is 140 cm³/mol. The molecule has 0 saturated heterocycles. The molecule has 37 heavy (non-hydrogen) atoms. The molecule has 4 amide bonds. The van der Waals surface area contributed by atoms with Crippen LogP contribution in [0, 0.1) is 13.8 Å². The smallest absolute Gasteiger partial charge is 0.408 e. The molecule has 10 heteroatoms. The second kappa shape index (κ2) is 12.2. The zero-order chi connectivity index (χ0) is 27.9. The maximum absolute atomic E-state index is 13.6. The van der Waals surface area contributed by atoms with Crippen molar-refractivity contribution in [3.05, 3.63) is 59.2 Å². The molecule has 0 spiro atoms. The molecule has 2 aromatic rings. The lowest BCUT2D eigenvalue weighted by Gasteiger charge is -2.32. The summed E-state index contributed by atoms with van der Waals surface area (Å²) in [5.41, 5.74) is 7.39. The number of nitrogens with one attached hydrogen (secondary N) is 2. The van der Waals surface area contributed by atoms with Crippen LogP contribution < -0.4 is 21.1 Å². The lowest BCUT2D eigenvalue weighted by molar-refractivity contribution is -0.140. The van der Waals surface area contributed by atoms with Gasteiger partial charge in [-0.05, 0) is 75.6 Å². The van der Waals surface area contributed by atoms with E-state index in [2.05, 4.69) is 10.6 Å². The summed E-state index contributed by atoms with van der Waals surface area (Å²) in [7, 11) is 2.98. The van der Waals surface area contributed by atoms with E-state index < -0.39 is 47.9 Å². The Labute approximate surface area is 217 Å². The zero-order valence-corrected chi connectivity index (χ0v) is 22.4. The lowest BCUT2D eigenvalue weighted by Crippen LogP contribution is -2.52. The van der Waals surface area contributed by atoms with Crippen LogP contribution in [-0.4, -0.2) is 54.5 Å². The Morgan fingerprint density at radius 3 is 2.19 bits per heavy atom. The van der Waals surface area contributed by atoms with Crippen molar-refractivity contribution in [1.29, 1.82) is 0 Å². The summed E-state index contributed by atoms with van der Waals surface area (Å²) >= 11 is 0. The summed E-state index contributed by atoms with van der Waals surface area (Å²) < 4.78 is 10.4. The summed E-state index contributed by atoms with van der Waals surface area (Å²) in [4.78, 5) is 52.5. The Kier molecular flexibility index (Phi) is 9.65. The van der Waals surface area contributed by atoms with Crippen LogP contribution in [0.4, 0.5) is 10.5 Å². The Bertz CT molecular complexity index is 1140. The van der Waals surface area contributed by atoms with Gasteiger partial charge in [0.05, 0.1) is 13.5 Å². The van der Waals surface area contributed by atoms with Gasteiger partial charge in [-0.3, -0.25) is 14.4 Å². The van der Waals surface area contributed by atoms with Gasteiger partial charge in [-0.2, -0.15) is 0 Å². The number of nitrogens with zero attached hydrogens (tertiary/aromatic N) is 1. The van der Waals surface area contributed by atoms with E-state index in [-0.39, 0.29) is 0 Å². The first-order chi connectivity index (χ1) is 17.2. The summed E-state index contributed by atoms with van der Waals surface area (Å²) in [5.74, 6) is -1.34. The van der Waals surface area contributed by atoms with Crippen molar-refractivity contribution in [1.82, 2.24) is 10.2 Å². The molecular weight excluding hydrogens is 476 g/mol. The number of likely N-dealkylation sites (N-methyl/N-ethyl adjacent to an activating group) is 1. The quantitative estimate of drug-likeness (QED) is 0.471. The maximum Gasteiger partial charge on any atom is 0.408 e. The minimum atomic E-state index is -1.33. The molecule has 2 unspecified atom stereocenters. The van der Waals surface area contributed by atoms with Gasteiger partial charge in [0.2, 0.25) is 11.8 Å². The molecule has 0 fully saturated rings. The largest absolute Gasteiger partial charge is 0.497 e. The van der Waals surface area contributed by atoms with E-state index in [0.29, 0.717) is 17.0 Å². The van der Waals surface area contributed by atoms with Crippen molar-refractivity contribution < 1.29 is 28.7 Å². The summed E-state index contributed by atoms with van der Waals surface area (Å²) in [6.45, 7) is 8.77. The SMILES string of the molecule is COc1ccc(NC(=O)C(c2cccc(C)c2C)N(C)C(=O)C(CC(N)=O)NC(=O)OC(C)(C)C)cc1. The Morgan fingerprint density at radius 1 is 1.03 bits per heavy atom. The average Bonchev–Trinajstić information content (AvgIpc) is 2.80. The first-order valence-electron chi connectivity index (χ1n) is 11.8. The normalized spacial score (nSPS) is 12.6. The number of methoxy groups -OCH3 is 1. The number of alkyl carbamates (subject to hydrolysis) is 1. The number of hydrogen-bond acceptors (Lipinski definition) is 6. The molecule has 0 radical (unpaired) electrons. The minimum absolute atomic E-state index is 0.470. The fourth-order valence-corrected chi connectivity index (χ4v) is 3.70. The third kappa shape index (κ3) is 8.23. The molecule has 0 aliphatic heterocycles. The molecule has 200 valence electrons. The minimum Gasteiger partial charge on any atom is -0.497 e. The average molecular weight is 513 g/mol. The van der Waals surface area contributed by atoms with Crippen molar-refractivity contribution in [3.8, 4) is 5.75 Å². The highest BCUT2D eigenvalue weighted by molar-refractivity contribution is 5.99. The zero-order valence-electron chi connectivity index (χ0n) is 22.4. The molecule has 10 nitrogen and oxygen atoms in total. The van der Waals surface area contributed by atoms with Crippen molar-refractivity contribution in [3.63, 3.8) is 0 Å². The van der Waals surface area contributed by atoms with E-state index in [0.717, 1.165) is 11.1 Å². The summed E-state index contributed by atoms with van der Waals surface area (Å²) in [6.07, 6.45) is -1.35. The van der Waals surface area contributed by atoms with E-state index in [1.165, 1.54) is 11.9 Å². The Balaban J connectivity index is 2.43. The molecule has 4 N–H and O–H groups in total. The van der Waals surface area contributed by atoms with Crippen LogP contribution >= 0.6 is 0 Å². The molecule has 0 aromatic heterocycles. The number of primary amides is 1. The van der Waals surface area contributed by atoms with Gasteiger partial charge in [0, 0.05) is 12.7 Å². The molecule has 2 rings (SSSR count). The van der Waals surface area contributed by atoms with Gasteiger partial charge < -0.3 is 30.7 Å². The van der Waals surface area contributed by atoms with Crippen LogP contribution in [0.25, 0.3) is 0 Å². The van der Waals surface area contributed by atoms with Crippen LogP contribution in [0.3, 0.4) is 0 Å². The first-order valence-corrected chi connectivity index (χ1v) is 11.8. The second-order valence-electron chi connectivity index (χ2n) is 9.73. The predicted octanol–water partition coefficient (Wildman–Crippen LogP) is 3.22. The first kappa shape index (κ1) is 29.2. The van der Waals surface area contributed by atoms with Gasteiger partial charge in [-0.1, -0.05) is 18.2 Å². The van der Waals surface area contributed by atoms with Gasteiger partial charge in [0.25, 0.3) is 5.91 Å².